The molecule has 1 aromatic carbocycles. The summed E-state index contributed by atoms with van der Waals surface area (Å²) in [5, 5.41) is 0. The number of benzene rings is 1. The number of ketones is 1. The molecule has 0 aliphatic rings. The molecule has 6 nitrogen and oxygen atoms in total. The van der Waals surface area contributed by atoms with E-state index in [1.165, 1.54) is 57.8 Å². The summed E-state index contributed by atoms with van der Waals surface area (Å²) in [5.74, 6) is -1.40. The van der Waals surface area contributed by atoms with E-state index < -0.39 is 23.6 Å². The molecule has 0 fully saturated rings. The van der Waals surface area contributed by atoms with Gasteiger partial charge in [-0.25, -0.2) is 9.59 Å². The van der Waals surface area contributed by atoms with Gasteiger partial charge in [0.05, 0.1) is 7.11 Å². The molecule has 0 bridgehead atoms. The maximum absolute atomic E-state index is 12.4. The van der Waals surface area contributed by atoms with Gasteiger partial charge in [-0.05, 0) is 12.0 Å². The van der Waals surface area contributed by atoms with Crippen molar-refractivity contribution >= 4 is 23.6 Å². The van der Waals surface area contributed by atoms with Crippen molar-refractivity contribution in [2.45, 2.75) is 103 Å². The molecule has 0 aromatic heterocycles. The minimum atomic E-state index is -0.974. The Labute approximate surface area is 199 Å². The highest BCUT2D eigenvalue weighted by atomic mass is 16.5. The molecule has 0 aliphatic heterocycles. The van der Waals surface area contributed by atoms with Gasteiger partial charge < -0.3 is 9.47 Å². The Balaban J connectivity index is 2.23. The van der Waals surface area contributed by atoms with Crippen molar-refractivity contribution in [3.05, 3.63) is 35.9 Å². The van der Waals surface area contributed by atoms with Gasteiger partial charge in [-0.15, -0.1) is 0 Å². The summed E-state index contributed by atoms with van der Waals surface area (Å²) >= 11 is 0. The van der Waals surface area contributed by atoms with Crippen LogP contribution in [0.1, 0.15) is 102 Å². The van der Waals surface area contributed by atoms with Crippen LogP contribution >= 0.6 is 0 Å². The van der Waals surface area contributed by atoms with E-state index in [4.69, 9.17) is 4.74 Å². The SMILES string of the molecule is CCCCCCCCCCCCCCCC(=O)C(=NC(=O)OCc1ccccc1)C(=O)OC. The number of nitrogens with zero attached hydrogens (tertiary/aromatic N) is 1. The quantitative estimate of drug-likeness (QED) is 0.102. The van der Waals surface area contributed by atoms with Crippen LogP contribution in [0.25, 0.3) is 0 Å². The molecule has 0 spiro atoms. The van der Waals surface area contributed by atoms with Crippen molar-refractivity contribution in [1.82, 2.24) is 0 Å². The number of aliphatic imine (C=N–C) groups is 1. The molecule has 1 aromatic rings. The lowest BCUT2D eigenvalue weighted by Gasteiger charge is -2.05. The largest absolute Gasteiger partial charge is 0.464 e. The molecule has 0 N–H and O–H groups in total. The summed E-state index contributed by atoms with van der Waals surface area (Å²) in [5.41, 5.74) is 0.300. The second-order valence-corrected chi connectivity index (χ2v) is 8.41. The van der Waals surface area contributed by atoms with Crippen LogP contribution in [0.15, 0.2) is 35.3 Å². The average Bonchev–Trinajstić information content (AvgIpc) is 2.84. The highest BCUT2D eigenvalue weighted by molar-refractivity contribution is 6.65. The number of unbranched alkanes of at least 4 members (excludes halogenated alkanes) is 12. The van der Waals surface area contributed by atoms with Crippen molar-refractivity contribution in [2.24, 2.45) is 4.99 Å². The van der Waals surface area contributed by atoms with Gasteiger partial charge in [-0.1, -0.05) is 114 Å². The first-order valence-corrected chi connectivity index (χ1v) is 12.5. The van der Waals surface area contributed by atoms with Gasteiger partial charge in [0.25, 0.3) is 0 Å². The van der Waals surface area contributed by atoms with Gasteiger partial charge in [0.1, 0.15) is 6.61 Å². The van der Waals surface area contributed by atoms with Gasteiger partial charge in [0, 0.05) is 6.42 Å². The summed E-state index contributed by atoms with van der Waals surface area (Å²) in [6, 6.07) is 9.11. The molecular formula is C27H41NO5. The third-order valence-electron chi connectivity index (χ3n) is 5.56. The van der Waals surface area contributed by atoms with E-state index >= 15 is 0 Å². The Morgan fingerprint density at radius 2 is 1.27 bits per heavy atom. The Morgan fingerprint density at radius 1 is 0.758 bits per heavy atom. The summed E-state index contributed by atoms with van der Waals surface area (Å²) in [6.45, 7) is 2.26. The number of hydrogen-bond donors (Lipinski definition) is 0. The second-order valence-electron chi connectivity index (χ2n) is 8.41. The van der Waals surface area contributed by atoms with Gasteiger partial charge in [-0.3, -0.25) is 4.79 Å². The molecule has 0 atom stereocenters. The zero-order valence-corrected chi connectivity index (χ0v) is 20.5. The van der Waals surface area contributed by atoms with E-state index in [0.29, 0.717) is 6.42 Å². The van der Waals surface area contributed by atoms with Crippen LogP contribution in [0.5, 0.6) is 0 Å². The number of rotatable bonds is 18. The van der Waals surface area contributed by atoms with Crippen molar-refractivity contribution in [1.29, 1.82) is 0 Å². The van der Waals surface area contributed by atoms with Crippen LogP contribution in [0.4, 0.5) is 4.79 Å². The maximum atomic E-state index is 12.4. The lowest BCUT2D eigenvalue weighted by molar-refractivity contribution is -0.133. The van der Waals surface area contributed by atoms with Gasteiger partial charge in [-0.2, -0.15) is 4.99 Å². The predicted octanol–water partition coefficient (Wildman–Crippen LogP) is 6.99. The minimum Gasteiger partial charge on any atom is -0.464 e. The number of esters is 1. The van der Waals surface area contributed by atoms with Crippen LogP contribution in [0.3, 0.4) is 0 Å². The zero-order valence-electron chi connectivity index (χ0n) is 20.5. The molecular weight excluding hydrogens is 418 g/mol. The van der Waals surface area contributed by atoms with E-state index in [1.54, 1.807) is 12.1 Å². The van der Waals surface area contributed by atoms with Crippen molar-refractivity contribution in [2.75, 3.05) is 7.11 Å². The monoisotopic (exact) mass is 459 g/mol. The normalized spacial score (nSPS) is 11.3. The first kappa shape index (κ1) is 28.5. The standard InChI is InChI=1S/C27H41NO5/c1-3-4-5-6-7-8-9-10-11-12-13-14-18-21-24(29)25(26(30)32-2)28-27(31)33-22-23-19-16-15-17-20-23/h15-17,19-20H,3-14,18,21-22H2,1-2H3. The molecule has 1 amide bonds. The van der Waals surface area contributed by atoms with Gasteiger partial charge in [0.15, 0.2) is 11.5 Å². The molecule has 0 saturated carbocycles. The third kappa shape index (κ3) is 14.3. The number of carbonyl (C=O) groups is 3. The number of hydrogen-bond acceptors (Lipinski definition) is 5. The Kier molecular flexibility index (Phi) is 16.4. The molecule has 184 valence electrons. The van der Waals surface area contributed by atoms with Crippen LogP contribution in [0.2, 0.25) is 0 Å². The highest BCUT2D eigenvalue weighted by Crippen LogP contribution is 2.13. The molecule has 33 heavy (non-hydrogen) atoms. The number of methoxy groups -OCH3 is 1. The highest BCUT2D eigenvalue weighted by Gasteiger charge is 2.22. The second kappa shape index (κ2) is 19.0. The predicted molar refractivity (Wildman–Crippen MR) is 131 cm³/mol. The third-order valence-corrected chi connectivity index (χ3v) is 5.56. The van der Waals surface area contributed by atoms with Crippen LogP contribution in [-0.4, -0.2) is 30.7 Å². The molecule has 0 radical (unpaired) electrons. The van der Waals surface area contributed by atoms with Crippen LogP contribution in [0, 0.1) is 0 Å². The number of carbonyl (C=O) groups excluding carboxylic acids is 3. The van der Waals surface area contributed by atoms with Crippen LogP contribution in [-0.2, 0) is 25.7 Å². The Hall–Kier alpha value is -2.50. The molecule has 0 unspecified atom stereocenters. The average molecular weight is 460 g/mol. The molecule has 0 aliphatic carbocycles. The molecule has 0 saturated heterocycles. The topological polar surface area (TPSA) is 82.0 Å². The van der Waals surface area contributed by atoms with E-state index in [2.05, 4.69) is 16.7 Å². The Morgan fingerprint density at radius 3 is 1.79 bits per heavy atom. The van der Waals surface area contributed by atoms with E-state index in [0.717, 1.165) is 31.9 Å². The maximum Gasteiger partial charge on any atom is 0.434 e. The number of ether oxygens (including phenoxy) is 2. The van der Waals surface area contributed by atoms with Crippen molar-refractivity contribution in [3.8, 4) is 0 Å². The number of amides is 1. The van der Waals surface area contributed by atoms with Gasteiger partial charge in [0.2, 0.25) is 0 Å². The molecule has 0 heterocycles. The first-order valence-electron chi connectivity index (χ1n) is 12.5. The zero-order chi connectivity index (χ0) is 24.2. The summed E-state index contributed by atoms with van der Waals surface area (Å²) in [7, 11) is 1.16. The van der Waals surface area contributed by atoms with E-state index in [9.17, 15) is 14.4 Å². The minimum absolute atomic E-state index is 0.0185. The molecule has 6 heteroatoms. The lowest BCUT2D eigenvalue weighted by atomic mass is 10.0. The summed E-state index contributed by atoms with van der Waals surface area (Å²) in [6.07, 6.45) is 14.9. The Bertz CT molecular complexity index is 714. The first-order chi connectivity index (χ1) is 16.1. The number of Topliss-reactive ketones (excluding diaryl/α,β-unsaturated/α-hetero) is 1. The summed E-state index contributed by atoms with van der Waals surface area (Å²) in [4.78, 5) is 39.9. The van der Waals surface area contributed by atoms with Crippen molar-refractivity contribution < 1.29 is 23.9 Å². The van der Waals surface area contributed by atoms with E-state index in [1.807, 2.05) is 18.2 Å². The summed E-state index contributed by atoms with van der Waals surface area (Å²) < 4.78 is 9.66. The van der Waals surface area contributed by atoms with Crippen LogP contribution < -0.4 is 0 Å². The fraction of sp³-hybridized carbons (Fsp3) is 0.630. The van der Waals surface area contributed by atoms with Crippen molar-refractivity contribution in [3.63, 3.8) is 0 Å². The molecule has 1 rings (SSSR count). The van der Waals surface area contributed by atoms with Gasteiger partial charge >= 0.3 is 12.1 Å². The fourth-order valence-electron chi connectivity index (χ4n) is 3.58. The smallest absolute Gasteiger partial charge is 0.434 e. The van der Waals surface area contributed by atoms with E-state index in [-0.39, 0.29) is 13.0 Å². The fourth-order valence-corrected chi connectivity index (χ4v) is 3.58. The lowest BCUT2D eigenvalue weighted by Crippen LogP contribution is -2.27.